The van der Waals surface area contributed by atoms with Crippen LogP contribution in [0.15, 0.2) is 4.52 Å². The molecule has 2 fully saturated rings. The number of aromatic nitrogens is 2. The van der Waals surface area contributed by atoms with Gasteiger partial charge in [0.25, 0.3) is 0 Å². The van der Waals surface area contributed by atoms with E-state index in [1.54, 1.807) is 0 Å². The lowest BCUT2D eigenvalue weighted by molar-refractivity contribution is -0.121. The summed E-state index contributed by atoms with van der Waals surface area (Å²) in [5, 5.41) is 9.81. The van der Waals surface area contributed by atoms with Gasteiger partial charge in [-0.1, -0.05) is 12.1 Å². The molecule has 0 spiro atoms. The zero-order valence-electron chi connectivity index (χ0n) is 9.06. The lowest BCUT2D eigenvalue weighted by atomic mass is 10.2. The minimum absolute atomic E-state index is 0.00630. The van der Waals surface area contributed by atoms with E-state index < -0.39 is 0 Å². The number of nitrogens with one attached hydrogen (secondary N) is 2. The Balaban J connectivity index is 1.70. The highest BCUT2D eigenvalue weighted by Crippen LogP contribution is 2.45. The fraction of sp³-hybridized carbons (Fsp3) is 0.700. The molecule has 16 heavy (non-hydrogen) atoms. The van der Waals surface area contributed by atoms with Crippen LogP contribution in [0.3, 0.4) is 0 Å². The first-order valence-corrected chi connectivity index (χ1v) is 5.57. The van der Waals surface area contributed by atoms with Crippen LogP contribution in [0.5, 0.6) is 0 Å². The summed E-state index contributed by atoms with van der Waals surface area (Å²) in [4.78, 5) is 15.3. The van der Waals surface area contributed by atoms with Crippen molar-refractivity contribution in [2.24, 2.45) is 5.92 Å². The van der Waals surface area contributed by atoms with Gasteiger partial charge in [0.05, 0.1) is 6.54 Å². The lowest BCUT2D eigenvalue weighted by Gasteiger charge is -2.20. The first-order chi connectivity index (χ1) is 7.74. The minimum Gasteiger partial charge on any atom is -0.353 e. The van der Waals surface area contributed by atoms with Crippen molar-refractivity contribution in [3.05, 3.63) is 11.7 Å². The van der Waals surface area contributed by atoms with Gasteiger partial charge in [0.2, 0.25) is 11.8 Å². The highest BCUT2D eigenvalue weighted by molar-refractivity contribution is 5.78. The molecule has 86 valence electrons. The van der Waals surface area contributed by atoms with Crippen LogP contribution < -0.4 is 10.6 Å². The molecule has 1 saturated carbocycles. The largest absolute Gasteiger partial charge is 0.353 e. The Hall–Kier alpha value is -1.43. The van der Waals surface area contributed by atoms with Crippen LogP contribution in [0.1, 0.15) is 37.0 Å². The van der Waals surface area contributed by atoms with Gasteiger partial charge >= 0.3 is 0 Å². The molecule has 1 aromatic rings. The Morgan fingerprint density at radius 3 is 2.94 bits per heavy atom. The summed E-state index contributed by atoms with van der Waals surface area (Å²) in [7, 11) is 0. The number of nitrogens with zero attached hydrogens (tertiary/aromatic N) is 2. The summed E-state index contributed by atoms with van der Waals surface area (Å²) in [6.45, 7) is 3.00. The highest BCUT2D eigenvalue weighted by atomic mass is 16.5. The maximum Gasteiger partial charge on any atom is 0.245 e. The summed E-state index contributed by atoms with van der Waals surface area (Å²) in [6, 6.07) is -0.0481. The predicted molar refractivity (Wildman–Crippen MR) is 54.6 cm³/mol. The summed E-state index contributed by atoms with van der Waals surface area (Å²) in [5.74, 6) is 2.53. The molecular weight excluding hydrogens is 208 g/mol. The van der Waals surface area contributed by atoms with Crippen molar-refractivity contribution < 1.29 is 9.32 Å². The fourth-order valence-corrected chi connectivity index (χ4v) is 1.96. The van der Waals surface area contributed by atoms with Gasteiger partial charge in [-0.25, -0.2) is 0 Å². The second-order valence-corrected chi connectivity index (χ2v) is 4.55. The number of piperazine rings is 1. The van der Waals surface area contributed by atoms with Crippen LogP contribution in [0.4, 0.5) is 0 Å². The molecule has 1 aliphatic carbocycles. The van der Waals surface area contributed by atoms with E-state index in [2.05, 4.69) is 27.7 Å². The van der Waals surface area contributed by atoms with Crippen molar-refractivity contribution in [3.63, 3.8) is 0 Å². The first-order valence-electron chi connectivity index (χ1n) is 5.57. The molecule has 1 aliphatic heterocycles. The molecule has 0 bridgehead atoms. The number of rotatable bonds is 2. The van der Waals surface area contributed by atoms with Gasteiger partial charge in [0.1, 0.15) is 6.04 Å². The zero-order chi connectivity index (χ0) is 11.1. The van der Waals surface area contributed by atoms with E-state index in [1.165, 1.54) is 0 Å². The number of carbonyl (C=O) groups excluding carboxylic acids is 1. The van der Waals surface area contributed by atoms with Crippen LogP contribution >= 0.6 is 0 Å². The van der Waals surface area contributed by atoms with E-state index in [0.717, 1.165) is 12.2 Å². The first kappa shape index (κ1) is 9.77. The van der Waals surface area contributed by atoms with Gasteiger partial charge in [-0.15, -0.1) is 0 Å². The maximum atomic E-state index is 11.0. The van der Waals surface area contributed by atoms with E-state index in [4.69, 9.17) is 4.52 Å². The third-order valence-electron chi connectivity index (χ3n) is 3.21. The van der Waals surface area contributed by atoms with E-state index in [1.807, 2.05) is 0 Å². The maximum absolute atomic E-state index is 11.0. The topological polar surface area (TPSA) is 80.0 Å². The molecule has 0 aromatic carbocycles. The predicted octanol–water partition coefficient (Wildman–Crippen LogP) is -0.0465. The highest BCUT2D eigenvalue weighted by Gasteiger charge is 2.38. The monoisotopic (exact) mass is 222 g/mol. The second kappa shape index (κ2) is 3.55. The number of carbonyl (C=O) groups is 1. The number of hydrogen-bond acceptors (Lipinski definition) is 5. The number of hydrogen-bond donors (Lipinski definition) is 2. The Labute approximate surface area is 92.8 Å². The van der Waals surface area contributed by atoms with Crippen molar-refractivity contribution in [2.75, 3.05) is 13.1 Å². The molecule has 2 aliphatic rings. The van der Waals surface area contributed by atoms with Crippen molar-refractivity contribution in [3.8, 4) is 0 Å². The molecule has 0 radical (unpaired) electrons. The molecule has 6 nitrogen and oxygen atoms in total. The smallest absolute Gasteiger partial charge is 0.245 e. The van der Waals surface area contributed by atoms with Crippen LogP contribution in [0.2, 0.25) is 0 Å². The minimum atomic E-state index is -0.0481. The van der Waals surface area contributed by atoms with Gasteiger partial charge in [0, 0.05) is 12.5 Å². The van der Waals surface area contributed by atoms with Crippen molar-refractivity contribution >= 4 is 5.91 Å². The van der Waals surface area contributed by atoms with Crippen molar-refractivity contribution in [1.82, 2.24) is 20.8 Å². The molecule has 3 atom stereocenters. The van der Waals surface area contributed by atoms with Crippen LogP contribution in [0, 0.1) is 5.92 Å². The molecule has 1 saturated heterocycles. The van der Waals surface area contributed by atoms with Gasteiger partial charge in [-0.3, -0.25) is 10.1 Å². The van der Waals surface area contributed by atoms with Crippen molar-refractivity contribution in [1.29, 1.82) is 0 Å². The van der Waals surface area contributed by atoms with Gasteiger partial charge in [-0.2, -0.15) is 4.98 Å². The van der Waals surface area contributed by atoms with Gasteiger partial charge in [-0.05, 0) is 12.3 Å². The zero-order valence-corrected chi connectivity index (χ0v) is 9.06. The summed E-state index contributed by atoms with van der Waals surface area (Å²) in [6.07, 6.45) is 1.15. The number of amides is 1. The normalized spacial score (nSPS) is 33.6. The summed E-state index contributed by atoms with van der Waals surface area (Å²) < 4.78 is 5.21. The molecule has 3 rings (SSSR count). The quantitative estimate of drug-likeness (QED) is 0.733. The molecule has 2 heterocycles. The lowest BCUT2D eigenvalue weighted by Crippen LogP contribution is -2.47. The standard InChI is InChI=1S/C10H14N4O2/c1-5-2-6(5)9-13-10(16-14-9)7-3-12-8(15)4-11-7/h5-7,11H,2-4H2,1H3,(H,12,15). The van der Waals surface area contributed by atoms with Crippen LogP contribution in [-0.2, 0) is 4.79 Å². The van der Waals surface area contributed by atoms with Gasteiger partial charge in [0.15, 0.2) is 5.82 Å². The third-order valence-corrected chi connectivity index (χ3v) is 3.21. The van der Waals surface area contributed by atoms with E-state index in [0.29, 0.717) is 30.8 Å². The molecule has 2 N–H and O–H groups in total. The van der Waals surface area contributed by atoms with E-state index in [-0.39, 0.29) is 11.9 Å². The van der Waals surface area contributed by atoms with E-state index in [9.17, 15) is 4.79 Å². The SMILES string of the molecule is CC1CC1c1noc(C2CNC(=O)CN2)n1. The van der Waals surface area contributed by atoms with Crippen LogP contribution in [-0.4, -0.2) is 29.1 Å². The third kappa shape index (κ3) is 1.69. The molecule has 6 heteroatoms. The molecule has 1 amide bonds. The van der Waals surface area contributed by atoms with E-state index >= 15 is 0 Å². The molecule has 3 unspecified atom stereocenters. The Morgan fingerprint density at radius 2 is 2.31 bits per heavy atom. The molecule has 1 aromatic heterocycles. The Bertz CT molecular complexity index is 407. The average Bonchev–Trinajstić information content (AvgIpc) is 2.82. The fourth-order valence-electron chi connectivity index (χ4n) is 1.96. The van der Waals surface area contributed by atoms with Crippen LogP contribution in [0.25, 0.3) is 0 Å². The second-order valence-electron chi connectivity index (χ2n) is 4.55. The summed E-state index contributed by atoms with van der Waals surface area (Å²) in [5.41, 5.74) is 0. The summed E-state index contributed by atoms with van der Waals surface area (Å²) >= 11 is 0. The Morgan fingerprint density at radius 1 is 1.50 bits per heavy atom. The van der Waals surface area contributed by atoms with Gasteiger partial charge < -0.3 is 9.84 Å². The Kier molecular flexibility index (Phi) is 2.17. The average molecular weight is 222 g/mol. The van der Waals surface area contributed by atoms with Crippen molar-refractivity contribution in [2.45, 2.75) is 25.3 Å². The molecular formula is C10H14N4O2.